The molecule has 3 heterocycles. The summed E-state index contributed by atoms with van der Waals surface area (Å²) in [6, 6.07) is 8.40. The van der Waals surface area contributed by atoms with Crippen molar-refractivity contribution >= 4 is 35.2 Å². The average molecular weight is 468 g/mol. The van der Waals surface area contributed by atoms with Crippen LogP contribution in [0.4, 0.5) is 5.82 Å². The van der Waals surface area contributed by atoms with E-state index in [1.165, 1.54) is 36.3 Å². The Morgan fingerprint density at radius 3 is 2.79 bits per heavy atom. The van der Waals surface area contributed by atoms with Gasteiger partial charge in [0.2, 0.25) is 11.6 Å². The molecule has 0 fully saturated rings. The van der Waals surface area contributed by atoms with Crippen LogP contribution in [0.25, 0.3) is 16.4 Å². The minimum absolute atomic E-state index is 0.000198. The zero-order chi connectivity index (χ0) is 23.4. The lowest BCUT2D eigenvalue weighted by Gasteiger charge is -2.08. The molecule has 0 aliphatic heterocycles. The topological polar surface area (TPSA) is 173 Å². The van der Waals surface area contributed by atoms with Crippen molar-refractivity contribution in [2.45, 2.75) is 6.92 Å². The fraction of sp³-hybridized carbons (Fsp3) is 0.105. The van der Waals surface area contributed by atoms with Gasteiger partial charge in [0.25, 0.3) is 5.91 Å². The van der Waals surface area contributed by atoms with E-state index in [4.69, 9.17) is 15.2 Å². The van der Waals surface area contributed by atoms with Crippen LogP contribution in [0.1, 0.15) is 23.0 Å². The van der Waals surface area contributed by atoms with Gasteiger partial charge in [0.15, 0.2) is 17.2 Å². The van der Waals surface area contributed by atoms with Crippen molar-refractivity contribution in [1.82, 2.24) is 30.7 Å². The van der Waals surface area contributed by atoms with Crippen molar-refractivity contribution in [2.75, 3.05) is 12.8 Å². The molecule has 3 N–H and O–H groups in total. The number of methoxy groups -OCH3 is 1. The summed E-state index contributed by atoms with van der Waals surface area (Å²) in [6.07, 6.45) is 1.40. The van der Waals surface area contributed by atoms with Crippen LogP contribution >= 0.6 is 11.3 Å². The molecular weight excluding hydrogens is 452 g/mol. The zero-order valence-electron chi connectivity index (χ0n) is 17.3. The largest absolute Gasteiger partial charge is 0.493 e. The summed E-state index contributed by atoms with van der Waals surface area (Å²) < 4.78 is 16.2. The number of carbonyl (C=O) groups is 2. The van der Waals surface area contributed by atoms with Crippen molar-refractivity contribution in [3.05, 3.63) is 47.0 Å². The van der Waals surface area contributed by atoms with Crippen molar-refractivity contribution in [3.8, 4) is 27.9 Å². The number of hydrogen-bond acceptors (Lipinski definition) is 12. The minimum Gasteiger partial charge on any atom is -0.493 e. The van der Waals surface area contributed by atoms with Crippen LogP contribution in [-0.2, 0) is 4.79 Å². The maximum Gasteiger partial charge on any atom is 0.308 e. The van der Waals surface area contributed by atoms with Gasteiger partial charge in [-0.05, 0) is 45.5 Å². The first kappa shape index (κ1) is 21.6. The molecule has 0 saturated heterocycles. The number of anilines is 1. The number of thiophene rings is 1. The number of nitrogen functional groups attached to an aromatic ring is 1. The number of hydrazone groups is 1. The minimum atomic E-state index is -0.612. The van der Waals surface area contributed by atoms with Gasteiger partial charge in [-0.3, -0.25) is 9.59 Å². The number of ether oxygens (including phenoxy) is 2. The molecule has 33 heavy (non-hydrogen) atoms. The van der Waals surface area contributed by atoms with Crippen molar-refractivity contribution in [2.24, 2.45) is 5.10 Å². The van der Waals surface area contributed by atoms with Gasteiger partial charge in [0.1, 0.15) is 5.69 Å². The van der Waals surface area contributed by atoms with E-state index >= 15 is 0 Å². The summed E-state index contributed by atoms with van der Waals surface area (Å²) in [7, 11) is 1.44. The highest BCUT2D eigenvalue weighted by molar-refractivity contribution is 7.13. The average Bonchev–Trinajstić information content (AvgIpc) is 3.54. The fourth-order valence-corrected chi connectivity index (χ4v) is 3.53. The maximum atomic E-state index is 12.8. The first-order chi connectivity index (χ1) is 16.0. The van der Waals surface area contributed by atoms with E-state index in [0.29, 0.717) is 21.9 Å². The fourth-order valence-electron chi connectivity index (χ4n) is 2.78. The third kappa shape index (κ3) is 4.54. The smallest absolute Gasteiger partial charge is 0.308 e. The van der Waals surface area contributed by atoms with Gasteiger partial charge in [-0.1, -0.05) is 11.3 Å². The number of benzene rings is 1. The number of amides is 1. The molecule has 14 heteroatoms. The molecule has 0 spiro atoms. The van der Waals surface area contributed by atoms with Crippen LogP contribution in [0.5, 0.6) is 11.5 Å². The van der Waals surface area contributed by atoms with Crippen LogP contribution in [-0.4, -0.2) is 50.5 Å². The third-order valence-electron chi connectivity index (χ3n) is 4.16. The van der Waals surface area contributed by atoms with Crippen LogP contribution < -0.4 is 20.6 Å². The Morgan fingerprint density at radius 2 is 2.12 bits per heavy atom. The van der Waals surface area contributed by atoms with Crippen molar-refractivity contribution in [1.29, 1.82) is 0 Å². The molecule has 13 nitrogen and oxygen atoms in total. The van der Waals surface area contributed by atoms with Gasteiger partial charge in [-0.25, -0.2) is 10.1 Å². The predicted molar refractivity (Wildman–Crippen MR) is 116 cm³/mol. The number of carbonyl (C=O) groups excluding carboxylic acids is 2. The standard InChI is InChI=1S/C19H16N8O5S/c1-10(28)31-12-6-5-11(8-13(12)30-2)9-21-23-19(29)15-16(14-4-3-7-33-14)27(26-22-15)18-17(20)24-32-25-18/h3-9H,1-2H3,(H2,20,24)(H,23,29)/b21-9+. The summed E-state index contributed by atoms with van der Waals surface area (Å²) in [4.78, 5) is 24.7. The zero-order valence-corrected chi connectivity index (χ0v) is 18.1. The summed E-state index contributed by atoms with van der Waals surface area (Å²) in [5.74, 6) is -0.381. The molecule has 0 aliphatic rings. The number of nitrogens with one attached hydrogen (secondary N) is 1. The molecule has 168 valence electrons. The first-order valence-electron chi connectivity index (χ1n) is 9.25. The summed E-state index contributed by atoms with van der Waals surface area (Å²) in [5, 5.41) is 21.0. The lowest BCUT2D eigenvalue weighted by atomic mass is 10.2. The summed E-state index contributed by atoms with van der Waals surface area (Å²) in [6.45, 7) is 1.29. The van der Waals surface area contributed by atoms with E-state index in [-0.39, 0.29) is 23.1 Å². The van der Waals surface area contributed by atoms with E-state index in [2.05, 4.69) is 35.8 Å². The normalized spacial score (nSPS) is 11.0. The summed E-state index contributed by atoms with van der Waals surface area (Å²) in [5.41, 5.74) is 9.12. The van der Waals surface area contributed by atoms with E-state index in [0.717, 1.165) is 0 Å². The molecule has 1 amide bonds. The maximum absolute atomic E-state index is 12.8. The number of esters is 1. The lowest BCUT2D eigenvalue weighted by Crippen LogP contribution is -2.19. The van der Waals surface area contributed by atoms with E-state index in [9.17, 15) is 9.59 Å². The Hall–Kier alpha value is -4.59. The second kappa shape index (κ2) is 9.27. The Labute approximate surface area is 189 Å². The molecule has 0 radical (unpaired) electrons. The molecule has 0 unspecified atom stereocenters. The summed E-state index contributed by atoms with van der Waals surface area (Å²) >= 11 is 1.37. The van der Waals surface area contributed by atoms with Crippen LogP contribution in [0.3, 0.4) is 0 Å². The molecule has 4 rings (SSSR count). The number of hydrogen-bond donors (Lipinski definition) is 2. The van der Waals surface area contributed by atoms with E-state index < -0.39 is 11.9 Å². The molecule has 0 bridgehead atoms. The van der Waals surface area contributed by atoms with Gasteiger partial charge < -0.3 is 15.2 Å². The van der Waals surface area contributed by atoms with E-state index in [1.807, 2.05) is 11.4 Å². The quantitative estimate of drug-likeness (QED) is 0.176. The molecule has 3 aromatic heterocycles. The number of nitrogens with two attached hydrogens (primary N) is 1. The van der Waals surface area contributed by atoms with Gasteiger partial charge in [0, 0.05) is 6.92 Å². The van der Waals surface area contributed by atoms with Gasteiger partial charge >= 0.3 is 5.97 Å². The molecule has 1 aromatic carbocycles. The molecule has 0 aliphatic carbocycles. The Balaban J connectivity index is 1.57. The highest BCUT2D eigenvalue weighted by atomic mass is 32.1. The molecule has 0 saturated carbocycles. The van der Waals surface area contributed by atoms with Crippen LogP contribution in [0, 0.1) is 0 Å². The van der Waals surface area contributed by atoms with Crippen molar-refractivity contribution < 1.29 is 23.7 Å². The third-order valence-corrected chi connectivity index (χ3v) is 5.03. The van der Waals surface area contributed by atoms with Crippen LogP contribution in [0.2, 0.25) is 0 Å². The number of rotatable bonds is 7. The molecule has 0 atom stereocenters. The predicted octanol–water partition coefficient (Wildman–Crippen LogP) is 1.66. The Morgan fingerprint density at radius 1 is 1.27 bits per heavy atom. The Kier molecular flexibility index (Phi) is 6.08. The highest BCUT2D eigenvalue weighted by Crippen LogP contribution is 2.30. The second-order valence-electron chi connectivity index (χ2n) is 6.35. The lowest BCUT2D eigenvalue weighted by molar-refractivity contribution is -0.132. The Bertz CT molecular complexity index is 1330. The highest BCUT2D eigenvalue weighted by Gasteiger charge is 2.25. The van der Waals surface area contributed by atoms with Gasteiger partial charge in [0.05, 0.1) is 18.2 Å². The SMILES string of the molecule is COc1cc(/C=N/NC(=O)c2nnn(-c3nonc3N)c2-c2cccs2)ccc1OC(C)=O. The van der Waals surface area contributed by atoms with Crippen molar-refractivity contribution in [3.63, 3.8) is 0 Å². The second-order valence-corrected chi connectivity index (χ2v) is 7.30. The monoisotopic (exact) mass is 468 g/mol. The van der Waals surface area contributed by atoms with Gasteiger partial charge in [-0.2, -0.15) is 9.78 Å². The number of aromatic nitrogens is 5. The van der Waals surface area contributed by atoms with E-state index in [1.54, 1.807) is 24.3 Å². The van der Waals surface area contributed by atoms with Crippen LogP contribution in [0.15, 0.2) is 45.4 Å². The molecular formula is C19H16N8O5S. The molecule has 4 aromatic rings. The van der Waals surface area contributed by atoms with Gasteiger partial charge in [-0.15, -0.1) is 16.4 Å². The number of nitrogens with zero attached hydrogens (tertiary/aromatic N) is 6. The first-order valence-corrected chi connectivity index (χ1v) is 10.1.